The van der Waals surface area contributed by atoms with E-state index in [0.29, 0.717) is 19.3 Å². The third-order valence-electron chi connectivity index (χ3n) is 14.2. The van der Waals surface area contributed by atoms with Crippen LogP contribution >= 0.6 is 0 Å². The fourth-order valence-corrected chi connectivity index (χ4v) is 9.20. The monoisotopic (exact) mass is 1110 g/mol. The zero-order chi connectivity index (χ0) is 57.8. The predicted octanol–water partition coefficient (Wildman–Crippen LogP) is 23.2. The molecule has 0 radical (unpaired) electrons. The molecule has 80 heavy (non-hydrogen) atoms. The average molecular weight is 1110 g/mol. The van der Waals surface area contributed by atoms with Crippen molar-refractivity contribution in [3.63, 3.8) is 0 Å². The second-order valence-corrected chi connectivity index (χ2v) is 22.0. The van der Waals surface area contributed by atoms with Crippen molar-refractivity contribution in [2.75, 3.05) is 13.2 Å². The molecule has 1 unspecified atom stereocenters. The van der Waals surface area contributed by atoms with Gasteiger partial charge in [-0.15, -0.1) is 0 Å². The molecule has 0 aliphatic carbocycles. The SMILES string of the molecule is CC/C=C\C/C=C\C/C=C\C/C=C\C/C=C\C/C=C\C/C=C\C/C=C\CCCCC(=O)OCC(COC(=O)CCCCCCCCCCCCCCCCCC)OC(=O)CCCCCCCCCCC/C=C\C/C=C\CCCCC. The standard InChI is InChI=1S/C74H124O6/c1-4-7-10-13-16-19-22-25-28-31-33-34-35-36-37-38-39-40-42-43-46-49-52-55-58-61-64-67-73(76)79-70-71(69-78-72(75)66-63-60-57-54-51-48-45-30-27-24-21-18-15-12-9-6-3)80-74(77)68-65-62-59-56-53-50-47-44-41-32-29-26-23-20-17-14-11-8-5-2/h7,10,16-17,19-20,25-26,28-29,33-34,36-37,39-40,43,46,52,55,71H,4-6,8-9,11-15,18,21-24,27,30-32,35,38,41-42,44-45,47-51,53-54,56-70H2,1-3H3/b10-7-,19-16-,20-17-,28-25-,29-26-,34-33-,37-36-,40-39-,46-43-,55-52-. The highest BCUT2D eigenvalue weighted by atomic mass is 16.6. The van der Waals surface area contributed by atoms with Crippen molar-refractivity contribution >= 4 is 17.9 Å². The van der Waals surface area contributed by atoms with Crippen molar-refractivity contribution in [2.24, 2.45) is 0 Å². The quantitative estimate of drug-likeness (QED) is 0.0261. The van der Waals surface area contributed by atoms with Crippen molar-refractivity contribution in [1.29, 1.82) is 0 Å². The molecule has 0 bridgehead atoms. The van der Waals surface area contributed by atoms with Gasteiger partial charge in [0.15, 0.2) is 6.10 Å². The molecule has 0 fully saturated rings. The lowest BCUT2D eigenvalue weighted by atomic mass is 10.0. The maximum absolute atomic E-state index is 12.9. The number of rotatable bonds is 60. The number of esters is 3. The van der Waals surface area contributed by atoms with Gasteiger partial charge >= 0.3 is 17.9 Å². The van der Waals surface area contributed by atoms with Crippen molar-refractivity contribution in [3.8, 4) is 0 Å². The minimum atomic E-state index is -0.802. The minimum absolute atomic E-state index is 0.0931. The van der Waals surface area contributed by atoms with Gasteiger partial charge in [-0.25, -0.2) is 0 Å². The number of allylic oxidation sites excluding steroid dienone is 20. The zero-order valence-corrected chi connectivity index (χ0v) is 52.3. The van der Waals surface area contributed by atoms with Crippen LogP contribution in [0.5, 0.6) is 0 Å². The summed E-state index contributed by atoms with van der Waals surface area (Å²) in [5.41, 5.74) is 0. The third-order valence-corrected chi connectivity index (χ3v) is 14.2. The van der Waals surface area contributed by atoms with E-state index >= 15 is 0 Å². The molecule has 0 aliphatic rings. The molecule has 1 atom stereocenters. The molecule has 0 spiro atoms. The van der Waals surface area contributed by atoms with E-state index in [1.165, 1.54) is 154 Å². The van der Waals surface area contributed by atoms with Crippen LogP contribution in [0.15, 0.2) is 122 Å². The lowest BCUT2D eigenvalue weighted by Crippen LogP contribution is -2.30. The van der Waals surface area contributed by atoms with Gasteiger partial charge in [-0.05, 0) is 116 Å². The number of carbonyl (C=O) groups excluding carboxylic acids is 3. The Labute approximate surface area is 494 Å². The van der Waals surface area contributed by atoms with Crippen LogP contribution in [-0.4, -0.2) is 37.2 Å². The van der Waals surface area contributed by atoms with Gasteiger partial charge in [0.2, 0.25) is 0 Å². The molecule has 0 heterocycles. The van der Waals surface area contributed by atoms with Crippen LogP contribution in [0.25, 0.3) is 0 Å². The summed E-state index contributed by atoms with van der Waals surface area (Å²) in [5.74, 6) is -0.933. The molecule has 6 heteroatoms. The van der Waals surface area contributed by atoms with Gasteiger partial charge in [0, 0.05) is 19.3 Å². The van der Waals surface area contributed by atoms with Crippen LogP contribution in [0.4, 0.5) is 0 Å². The van der Waals surface area contributed by atoms with Crippen LogP contribution in [0.2, 0.25) is 0 Å². The van der Waals surface area contributed by atoms with Gasteiger partial charge in [0.1, 0.15) is 13.2 Å². The third kappa shape index (κ3) is 64.6. The normalized spacial score (nSPS) is 12.9. The van der Waals surface area contributed by atoms with Crippen molar-refractivity contribution < 1.29 is 28.6 Å². The van der Waals surface area contributed by atoms with Gasteiger partial charge < -0.3 is 14.2 Å². The highest BCUT2D eigenvalue weighted by Crippen LogP contribution is 2.16. The summed E-state index contributed by atoms with van der Waals surface area (Å²) in [5, 5.41) is 0. The lowest BCUT2D eigenvalue weighted by molar-refractivity contribution is -0.167. The molecule has 456 valence electrons. The summed E-state index contributed by atoms with van der Waals surface area (Å²) in [7, 11) is 0. The van der Waals surface area contributed by atoms with E-state index in [1.807, 2.05) is 0 Å². The maximum Gasteiger partial charge on any atom is 0.306 e. The molecule has 0 rings (SSSR count). The summed E-state index contributed by atoms with van der Waals surface area (Å²) in [6.45, 7) is 6.49. The Kier molecular flexibility index (Phi) is 63.8. The Hall–Kier alpha value is -4.19. The van der Waals surface area contributed by atoms with Crippen LogP contribution in [0.1, 0.15) is 310 Å². The van der Waals surface area contributed by atoms with Crippen molar-refractivity contribution in [1.82, 2.24) is 0 Å². The number of unbranched alkanes of at least 4 members (excludes halogenated alkanes) is 29. The van der Waals surface area contributed by atoms with Gasteiger partial charge in [0.25, 0.3) is 0 Å². The van der Waals surface area contributed by atoms with E-state index < -0.39 is 6.10 Å². The number of hydrogen-bond acceptors (Lipinski definition) is 6. The topological polar surface area (TPSA) is 78.9 Å². The zero-order valence-electron chi connectivity index (χ0n) is 52.3. The molecule has 0 aliphatic heterocycles. The maximum atomic E-state index is 12.9. The van der Waals surface area contributed by atoms with Crippen LogP contribution in [-0.2, 0) is 28.6 Å². The summed E-state index contributed by atoms with van der Waals surface area (Å²) < 4.78 is 16.9. The molecule has 0 aromatic rings. The fraction of sp³-hybridized carbons (Fsp3) is 0.689. The summed E-state index contributed by atoms with van der Waals surface area (Å²) in [4.78, 5) is 38.4. The van der Waals surface area contributed by atoms with Gasteiger partial charge in [-0.1, -0.05) is 296 Å². The Bertz CT molecular complexity index is 1650. The van der Waals surface area contributed by atoms with Gasteiger partial charge in [-0.2, -0.15) is 0 Å². The van der Waals surface area contributed by atoms with E-state index in [0.717, 1.165) is 116 Å². The molecular formula is C74H124O6. The molecular weight excluding hydrogens is 985 g/mol. The first-order valence-electron chi connectivity index (χ1n) is 33.5. The van der Waals surface area contributed by atoms with Crippen LogP contribution < -0.4 is 0 Å². The van der Waals surface area contributed by atoms with E-state index in [-0.39, 0.29) is 31.1 Å². The van der Waals surface area contributed by atoms with Crippen LogP contribution in [0, 0.1) is 0 Å². The van der Waals surface area contributed by atoms with Gasteiger partial charge in [-0.3, -0.25) is 14.4 Å². The highest BCUT2D eigenvalue weighted by molar-refractivity contribution is 5.71. The minimum Gasteiger partial charge on any atom is -0.462 e. The van der Waals surface area contributed by atoms with E-state index in [2.05, 4.69) is 142 Å². The summed E-state index contributed by atoms with van der Waals surface area (Å²) >= 11 is 0. The van der Waals surface area contributed by atoms with E-state index in [9.17, 15) is 14.4 Å². The Morgan fingerprint density at radius 2 is 0.487 bits per heavy atom. The number of carbonyl (C=O) groups is 3. The predicted molar refractivity (Wildman–Crippen MR) is 348 cm³/mol. The fourth-order valence-electron chi connectivity index (χ4n) is 9.20. The Morgan fingerprint density at radius 3 is 0.812 bits per heavy atom. The molecule has 0 saturated carbocycles. The van der Waals surface area contributed by atoms with Crippen molar-refractivity contribution in [3.05, 3.63) is 122 Å². The van der Waals surface area contributed by atoms with Crippen molar-refractivity contribution in [2.45, 2.75) is 316 Å². The summed E-state index contributed by atoms with van der Waals surface area (Å²) in [6.07, 6.45) is 93.5. The number of hydrogen-bond donors (Lipinski definition) is 0. The molecule has 0 aromatic carbocycles. The highest BCUT2D eigenvalue weighted by Gasteiger charge is 2.19. The second-order valence-electron chi connectivity index (χ2n) is 22.0. The molecule has 0 saturated heterocycles. The first kappa shape index (κ1) is 75.8. The Balaban J connectivity index is 4.45. The lowest BCUT2D eigenvalue weighted by Gasteiger charge is -2.18. The number of ether oxygens (including phenoxy) is 3. The second kappa shape index (κ2) is 67.3. The smallest absolute Gasteiger partial charge is 0.306 e. The van der Waals surface area contributed by atoms with Crippen LogP contribution in [0.3, 0.4) is 0 Å². The largest absolute Gasteiger partial charge is 0.462 e. The van der Waals surface area contributed by atoms with Gasteiger partial charge in [0.05, 0.1) is 0 Å². The Morgan fingerprint density at radius 1 is 0.263 bits per heavy atom. The average Bonchev–Trinajstić information content (AvgIpc) is 3.46. The molecule has 6 nitrogen and oxygen atoms in total. The first-order valence-corrected chi connectivity index (χ1v) is 33.5. The van der Waals surface area contributed by atoms with E-state index in [1.54, 1.807) is 0 Å². The van der Waals surface area contributed by atoms with E-state index in [4.69, 9.17) is 14.2 Å². The molecule has 0 amide bonds. The molecule has 0 aromatic heterocycles. The summed E-state index contributed by atoms with van der Waals surface area (Å²) in [6, 6.07) is 0. The molecule has 0 N–H and O–H groups in total. The first-order chi connectivity index (χ1) is 39.5.